The third-order valence-corrected chi connectivity index (χ3v) is 9.74. The Labute approximate surface area is 161 Å². The highest BCUT2D eigenvalue weighted by Crippen LogP contribution is 2.67. The summed E-state index contributed by atoms with van der Waals surface area (Å²) in [6, 6.07) is 0. The first kappa shape index (κ1) is 18.8. The summed E-state index contributed by atoms with van der Waals surface area (Å²) in [5, 5.41) is 0. The molecule has 1 nitrogen and oxygen atoms in total. The Bertz CT molecular complexity index is 589. The summed E-state index contributed by atoms with van der Waals surface area (Å²) >= 11 is 0. The Kier molecular flexibility index (Phi) is 4.89. The molecule has 0 aliphatic heterocycles. The fraction of sp³-hybridized carbons (Fsp3) is 0.880. The maximum Gasteiger partial charge on any atom is 0.155 e. The van der Waals surface area contributed by atoms with E-state index in [0.717, 1.165) is 42.4 Å². The van der Waals surface area contributed by atoms with Crippen LogP contribution in [0, 0.1) is 40.4 Å². The van der Waals surface area contributed by atoms with Crippen LogP contribution in [-0.2, 0) is 4.79 Å². The summed E-state index contributed by atoms with van der Waals surface area (Å²) < 4.78 is 0. The molecule has 4 aliphatic carbocycles. The van der Waals surface area contributed by atoms with E-state index in [2.05, 4.69) is 33.8 Å². The molecule has 0 heterocycles. The van der Waals surface area contributed by atoms with Gasteiger partial charge in [-0.15, -0.1) is 0 Å². The zero-order valence-electron chi connectivity index (χ0n) is 17.7. The Hall–Kier alpha value is -0.590. The smallest absolute Gasteiger partial charge is 0.155 e. The first-order chi connectivity index (χ1) is 12.4. The monoisotopic (exact) mass is 356 g/mol. The number of rotatable bonds is 4. The van der Waals surface area contributed by atoms with Gasteiger partial charge in [-0.1, -0.05) is 52.5 Å². The summed E-state index contributed by atoms with van der Waals surface area (Å²) in [6.07, 6.45) is 16.5. The summed E-state index contributed by atoms with van der Waals surface area (Å²) in [7, 11) is 0. The van der Waals surface area contributed by atoms with Crippen LogP contribution in [0.3, 0.4) is 0 Å². The van der Waals surface area contributed by atoms with Gasteiger partial charge in [0, 0.05) is 6.42 Å². The highest BCUT2D eigenvalue weighted by Gasteiger charge is 2.59. The Morgan fingerprint density at radius 1 is 1.08 bits per heavy atom. The Morgan fingerprint density at radius 3 is 2.65 bits per heavy atom. The van der Waals surface area contributed by atoms with Crippen molar-refractivity contribution in [2.24, 2.45) is 40.4 Å². The van der Waals surface area contributed by atoms with Crippen LogP contribution in [-0.4, -0.2) is 5.78 Å². The fourth-order valence-corrected chi connectivity index (χ4v) is 8.26. The van der Waals surface area contributed by atoms with Crippen LogP contribution in [0.2, 0.25) is 0 Å². The van der Waals surface area contributed by atoms with E-state index in [0.29, 0.717) is 16.6 Å². The zero-order chi connectivity index (χ0) is 18.5. The van der Waals surface area contributed by atoms with E-state index in [9.17, 15) is 4.79 Å². The predicted molar refractivity (Wildman–Crippen MR) is 109 cm³/mol. The van der Waals surface area contributed by atoms with Crippen molar-refractivity contribution >= 4 is 5.78 Å². The van der Waals surface area contributed by atoms with Crippen molar-refractivity contribution in [3.63, 3.8) is 0 Å². The lowest BCUT2D eigenvalue weighted by molar-refractivity contribution is -0.117. The molecule has 0 aromatic heterocycles. The zero-order valence-corrected chi connectivity index (χ0v) is 17.7. The van der Waals surface area contributed by atoms with Gasteiger partial charge in [0.05, 0.1) is 0 Å². The molecule has 26 heavy (non-hydrogen) atoms. The van der Waals surface area contributed by atoms with Crippen LogP contribution < -0.4 is 0 Å². The van der Waals surface area contributed by atoms with Crippen molar-refractivity contribution in [3.05, 3.63) is 11.6 Å². The van der Waals surface area contributed by atoms with Crippen molar-refractivity contribution in [2.45, 2.75) is 98.3 Å². The molecule has 0 spiro atoms. The molecule has 7 atom stereocenters. The van der Waals surface area contributed by atoms with Gasteiger partial charge in [0.15, 0.2) is 5.78 Å². The Balaban J connectivity index is 1.56. The largest absolute Gasteiger partial charge is 0.295 e. The molecular weight excluding hydrogens is 316 g/mol. The van der Waals surface area contributed by atoms with E-state index in [-0.39, 0.29) is 0 Å². The van der Waals surface area contributed by atoms with Gasteiger partial charge in [0.1, 0.15) is 0 Å². The lowest BCUT2D eigenvalue weighted by atomic mass is 9.46. The third-order valence-electron chi connectivity index (χ3n) is 9.74. The first-order valence-corrected chi connectivity index (χ1v) is 11.6. The SMILES string of the molecule is CCCCC(C)C1CCC2C3CCC4=CC(=O)CCC4(C)C3CCC12C. The summed E-state index contributed by atoms with van der Waals surface area (Å²) in [4.78, 5) is 12.0. The molecule has 146 valence electrons. The molecule has 3 fully saturated rings. The molecule has 4 rings (SSSR count). The summed E-state index contributed by atoms with van der Waals surface area (Å²) in [6.45, 7) is 10.1. The summed E-state index contributed by atoms with van der Waals surface area (Å²) in [5.41, 5.74) is 2.45. The van der Waals surface area contributed by atoms with Crippen LogP contribution >= 0.6 is 0 Å². The van der Waals surface area contributed by atoms with Crippen LogP contribution in [0.4, 0.5) is 0 Å². The minimum Gasteiger partial charge on any atom is -0.295 e. The molecule has 4 aliphatic rings. The number of allylic oxidation sites excluding steroid dienone is 1. The van der Waals surface area contributed by atoms with Gasteiger partial charge in [-0.25, -0.2) is 0 Å². The van der Waals surface area contributed by atoms with Gasteiger partial charge >= 0.3 is 0 Å². The standard InChI is InChI=1S/C25H40O/c1-5-6-7-17(2)21-10-11-22-20-9-8-18-16-19(26)12-14-24(18,3)23(20)13-15-25(21,22)4/h16-17,20-23H,5-15H2,1-4H3. The molecule has 0 amide bonds. The van der Waals surface area contributed by atoms with Crippen molar-refractivity contribution in [1.29, 1.82) is 0 Å². The maximum absolute atomic E-state index is 12.0. The van der Waals surface area contributed by atoms with Crippen molar-refractivity contribution in [3.8, 4) is 0 Å². The lowest BCUT2D eigenvalue weighted by Gasteiger charge is -2.58. The number of ketones is 1. The van der Waals surface area contributed by atoms with Crippen molar-refractivity contribution < 1.29 is 4.79 Å². The molecular formula is C25H40O. The lowest BCUT2D eigenvalue weighted by Crippen LogP contribution is -2.50. The highest BCUT2D eigenvalue weighted by molar-refractivity contribution is 5.91. The van der Waals surface area contributed by atoms with Crippen LogP contribution in [0.1, 0.15) is 98.3 Å². The van der Waals surface area contributed by atoms with E-state index in [1.165, 1.54) is 63.4 Å². The van der Waals surface area contributed by atoms with E-state index >= 15 is 0 Å². The molecule has 0 radical (unpaired) electrons. The number of fused-ring (bicyclic) bond motifs is 5. The van der Waals surface area contributed by atoms with E-state index in [1.807, 2.05) is 0 Å². The first-order valence-electron chi connectivity index (χ1n) is 11.6. The topological polar surface area (TPSA) is 17.1 Å². The van der Waals surface area contributed by atoms with Gasteiger partial charge in [-0.2, -0.15) is 0 Å². The van der Waals surface area contributed by atoms with E-state index < -0.39 is 0 Å². The normalized spacial score (nSPS) is 46.2. The molecule has 0 N–H and O–H groups in total. The highest BCUT2D eigenvalue weighted by atomic mass is 16.1. The molecule has 0 saturated heterocycles. The minimum atomic E-state index is 0.337. The van der Waals surface area contributed by atoms with Crippen molar-refractivity contribution in [1.82, 2.24) is 0 Å². The van der Waals surface area contributed by atoms with Crippen molar-refractivity contribution in [2.75, 3.05) is 0 Å². The van der Waals surface area contributed by atoms with Gasteiger partial charge in [0.25, 0.3) is 0 Å². The second-order valence-electron chi connectivity index (χ2n) is 10.8. The van der Waals surface area contributed by atoms with Crippen LogP contribution in [0.25, 0.3) is 0 Å². The molecule has 7 unspecified atom stereocenters. The number of hydrogen-bond acceptors (Lipinski definition) is 1. The summed E-state index contributed by atoms with van der Waals surface area (Å²) in [5.74, 6) is 4.97. The van der Waals surface area contributed by atoms with E-state index in [1.54, 1.807) is 0 Å². The quantitative estimate of drug-likeness (QED) is 0.532. The molecule has 0 bridgehead atoms. The van der Waals surface area contributed by atoms with Gasteiger partial charge in [-0.05, 0) is 91.4 Å². The second-order valence-corrected chi connectivity index (χ2v) is 10.8. The Morgan fingerprint density at radius 2 is 1.88 bits per heavy atom. The molecule has 1 heteroatoms. The van der Waals surface area contributed by atoms with Crippen LogP contribution in [0.5, 0.6) is 0 Å². The van der Waals surface area contributed by atoms with Gasteiger partial charge in [0.2, 0.25) is 0 Å². The number of carbonyl (C=O) groups is 1. The predicted octanol–water partition coefficient (Wildman–Crippen LogP) is 6.96. The minimum absolute atomic E-state index is 0.337. The third kappa shape index (κ3) is 2.75. The van der Waals surface area contributed by atoms with Gasteiger partial charge < -0.3 is 0 Å². The molecule has 0 aromatic carbocycles. The molecule has 0 aromatic rings. The fourth-order valence-electron chi connectivity index (χ4n) is 8.26. The second kappa shape index (κ2) is 6.78. The molecule has 3 saturated carbocycles. The van der Waals surface area contributed by atoms with E-state index in [4.69, 9.17) is 0 Å². The number of unbranched alkanes of at least 4 members (excludes halogenated alkanes) is 1. The average Bonchev–Trinajstić information content (AvgIpc) is 2.97. The maximum atomic E-state index is 12.0. The number of carbonyl (C=O) groups excluding carboxylic acids is 1. The van der Waals surface area contributed by atoms with Gasteiger partial charge in [-0.3, -0.25) is 4.79 Å². The number of hydrogen-bond donors (Lipinski definition) is 0. The average molecular weight is 357 g/mol. The van der Waals surface area contributed by atoms with Crippen LogP contribution in [0.15, 0.2) is 11.6 Å².